The number of rotatable bonds is 6. The van der Waals surface area contributed by atoms with Crippen molar-refractivity contribution >= 4 is 29.1 Å². The molecule has 2 aromatic carbocycles. The number of nitro groups is 1. The first-order chi connectivity index (χ1) is 11.5. The highest BCUT2D eigenvalue weighted by atomic mass is 35.5. The van der Waals surface area contributed by atoms with Gasteiger partial charge in [-0.05, 0) is 42.0 Å². The number of ketones is 1. The van der Waals surface area contributed by atoms with E-state index in [1.807, 2.05) is 0 Å². The van der Waals surface area contributed by atoms with Crippen molar-refractivity contribution in [2.24, 2.45) is 0 Å². The number of non-ortho nitro benzene ring substituents is 1. The number of halogens is 1. The van der Waals surface area contributed by atoms with Crippen molar-refractivity contribution in [3.63, 3.8) is 0 Å². The van der Waals surface area contributed by atoms with Crippen LogP contribution in [0.1, 0.15) is 15.9 Å². The van der Waals surface area contributed by atoms with Crippen molar-refractivity contribution in [2.45, 2.75) is 0 Å². The van der Waals surface area contributed by atoms with Gasteiger partial charge in [-0.15, -0.1) is 0 Å². The number of benzene rings is 2. The maximum absolute atomic E-state index is 12.3. The minimum atomic E-state index is -0.524. The quantitative estimate of drug-likeness (QED) is 0.339. The second-order valence-electron chi connectivity index (χ2n) is 4.73. The van der Waals surface area contributed by atoms with E-state index in [9.17, 15) is 14.9 Å². The van der Waals surface area contributed by atoms with E-state index < -0.39 is 4.92 Å². The highest BCUT2D eigenvalue weighted by Crippen LogP contribution is 2.28. The van der Waals surface area contributed by atoms with Crippen LogP contribution < -0.4 is 9.47 Å². The molecule has 0 aliphatic heterocycles. The molecule has 2 rings (SSSR count). The van der Waals surface area contributed by atoms with E-state index in [1.54, 1.807) is 18.2 Å². The molecule has 0 atom stereocenters. The Kier molecular flexibility index (Phi) is 5.55. The summed E-state index contributed by atoms with van der Waals surface area (Å²) >= 11 is 6.00. The third kappa shape index (κ3) is 3.91. The van der Waals surface area contributed by atoms with E-state index in [0.717, 1.165) is 0 Å². The standard InChI is InChI=1S/C17H14ClNO5/c1-23-16-8-4-12(10-17(16)24-2)15(20)7-3-11-9-13(19(21)22)5-6-14(11)18/h3-10H,1-2H3. The third-order valence-electron chi connectivity index (χ3n) is 3.27. The lowest BCUT2D eigenvalue weighted by Crippen LogP contribution is -1.97. The van der Waals surface area contributed by atoms with Crippen LogP contribution in [0.25, 0.3) is 6.08 Å². The lowest BCUT2D eigenvalue weighted by molar-refractivity contribution is -0.384. The number of hydrogen-bond donors (Lipinski definition) is 0. The molecule has 2 aromatic rings. The van der Waals surface area contributed by atoms with Crippen LogP contribution >= 0.6 is 11.6 Å². The summed E-state index contributed by atoms with van der Waals surface area (Å²) in [7, 11) is 2.98. The van der Waals surface area contributed by atoms with Gasteiger partial charge in [-0.1, -0.05) is 11.6 Å². The SMILES string of the molecule is COc1ccc(C(=O)C=Cc2cc([N+](=O)[O-])ccc2Cl)cc1OC. The van der Waals surface area contributed by atoms with E-state index in [2.05, 4.69) is 0 Å². The molecular weight excluding hydrogens is 334 g/mol. The Balaban J connectivity index is 2.28. The molecule has 0 N–H and O–H groups in total. The maximum atomic E-state index is 12.3. The van der Waals surface area contributed by atoms with Crippen molar-refractivity contribution < 1.29 is 19.2 Å². The third-order valence-corrected chi connectivity index (χ3v) is 3.62. The van der Waals surface area contributed by atoms with Crippen LogP contribution in [0.3, 0.4) is 0 Å². The lowest BCUT2D eigenvalue weighted by atomic mass is 10.1. The topological polar surface area (TPSA) is 78.7 Å². The summed E-state index contributed by atoms with van der Waals surface area (Å²) in [5, 5.41) is 11.1. The van der Waals surface area contributed by atoms with Gasteiger partial charge in [0.05, 0.1) is 19.1 Å². The van der Waals surface area contributed by atoms with Gasteiger partial charge in [-0.25, -0.2) is 0 Å². The van der Waals surface area contributed by atoms with Gasteiger partial charge in [0.15, 0.2) is 17.3 Å². The Hall–Kier alpha value is -2.86. The van der Waals surface area contributed by atoms with Crippen molar-refractivity contribution in [3.8, 4) is 11.5 Å². The van der Waals surface area contributed by atoms with Crippen molar-refractivity contribution in [1.82, 2.24) is 0 Å². The number of ether oxygens (including phenoxy) is 2. The van der Waals surface area contributed by atoms with Crippen molar-refractivity contribution in [2.75, 3.05) is 14.2 Å². The number of carbonyl (C=O) groups excluding carboxylic acids is 1. The minimum absolute atomic E-state index is 0.0994. The average Bonchev–Trinajstić information content (AvgIpc) is 2.59. The highest BCUT2D eigenvalue weighted by molar-refractivity contribution is 6.32. The molecule has 0 aliphatic rings. The molecule has 0 heterocycles. The van der Waals surface area contributed by atoms with Gasteiger partial charge in [0.25, 0.3) is 5.69 Å². The Labute approximate surface area is 143 Å². The zero-order chi connectivity index (χ0) is 17.7. The van der Waals surface area contributed by atoms with Gasteiger partial charge < -0.3 is 9.47 Å². The van der Waals surface area contributed by atoms with Crippen molar-refractivity contribution in [3.05, 3.63) is 68.7 Å². The second-order valence-corrected chi connectivity index (χ2v) is 5.14. The van der Waals surface area contributed by atoms with E-state index in [0.29, 0.717) is 27.6 Å². The van der Waals surface area contributed by atoms with Crippen LogP contribution in [-0.4, -0.2) is 24.9 Å². The summed E-state index contributed by atoms with van der Waals surface area (Å²) < 4.78 is 10.3. The molecule has 0 aliphatic carbocycles. The Bertz CT molecular complexity index is 817. The summed E-state index contributed by atoms with van der Waals surface area (Å²) in [6.07, 6.45) is 2.74. The van der Waals surface area contributed by atoms with Crippen LogP contribution in [0.5, 0.6) is 11.5 Å². The molecule has 0 radical (unpaired) electrons. The summed E-state index contributed by atoms with van der Waals surface area (Å²) in [6, 6.07) is 8.81. The molecule has 0 unspecified atom stereocenters. The average molecular weight is 348 g/mol. The minimum Gasteiger partial charge on any atom is -0.493 e. The van der Waals surface area contributed by atoms with E-state index in [-0.39, 0.29) is 11.5 Å². The fourth-order valence-corrected chi connectivity index (χ4v) is 2.20. The fourth-order valence-electron chi connectivity index (χ4n) is 2.02. The number of nitrogens with zero attached hydrogens (tertiary/aromatic N) is 1. The first-order valence-corrected chi connectivity index (χ1v) is 7.22. The molecule has 24 heavy (non-hydrogen) atoms. The van der Waals surface area contributed by atoms with Crippen LogP contribution in [0.4, 0.5) is 5.69 Å². The highest BCUT2D eigenvalue weighted by Gasteiger charge is 2.10. The molecule has 0 fully saturated rings. The summed E-state index contributed by atoms with van der Waals surface area (Å²) in [6.45, 7) is 0. The first-order valence-electron chi connectivity index (χ1n) is 6.84. The number of nitro benzene ring substituents is 1. The Morgan fingerprint density at radius 2 is 1.83 bits per heavy atom. The number of methoxy groups -OCH3 is 2. The molecule has 0 amide bonds. The van der Waals surface area contributed by atoms with Gasteiger partial charge in [0.2, 0.25) is 0 Å². The van der Waals surface area contributed by atoms with Gasteiger partial charge >= 0.3 is 0 Å². The number of allylic oxidation sites excluding steroid dienone is 1. The maximum Gasteiger partial charge on any atom is 0.270 e. The number of carbonyl (C=O) groups is 1. The smallest absolute Gasteiger partial charge is 0.270 e. The van der Waals surface area contributed by atoms with Crippen LogP contribution in [0, 0.1) is 10.1 Å². The van der Waals surface area contributed by atoms with E-state index in [1.165, 1.54) is 44.6 Å². The molecule has 0 saturated carbocycles. The monoisotopic (exact) mass is 347 g/mol. The molecule has 7 heteroatoms. The molecule has 124 valence electrons. The largest absolute Gasteiger partial charge is 0.493 e. The van der Waals surface area contributed by atoms with E-state index >= 15 is 0 Å². The van der Waals surface area contributed by atoms with E-state index in [4.69, 9.17) is 21.1 Å². The summed E-state index contributed by atoms with van der Waals surface area (Å²) in [5.74, 6) is 0.656. The van der Waals surface area contributed by atoms with Gasteiger partial charge in [0, 0.05) is 22.7 Å². The predicted molar refractivity (Wildman–Crippen MR) is 91.0 cm³/mol. The normalized spacial score (nSPS) is 10.6. The number of hydrogen-bond acceptors (Lipinski definition) is 5. The van der Waals surface area contributed by atoms with Crippen LogP contribution in [0.15, 0.2) is 42.5 Å². The predicted octanol–water partition coefficient (Wildman–Crippen LogP) is 4.16. The first kappa shape index (κ1) is 17.5. The summed E-state index contributed by atoms with van der Waals surface area (Å²) in [4.78, 5) is 22.5. The van der Waals surface area contributed by atoms with Gasteiger partial charge in [-0.3, -0.25) is 14.9 Å². The molecule has 6 nitrogen and oxygen atoms in total. The second kappa shape index (κ2) is 7.61. The Morgan fingerprint density at radius 3 is 2.46 bits per heavy atom. The molecule has 0 saturated heterocycles. The molecule has 0 spiro atoms. The van der Waals surface area contributed by atoms with Gasteiger partial charge in [-0.2, -0.15) is 0 Å². The van der Waals surface area contributed by atoms with Crippen LogP contribution in [0.2, 0.25) is 5.02 Å². The molecular formula is C17H14ClNO5. The summed E-state index contributed by atoms with van der Waals surface area (Å²) in [5.41, 5.74) is 0.683. The zero-order valence-electron chi connectivity index (χ0n) is 13.0. The lowest BCUT2D eigenvalue weighted by Gasteiger charge is -2.08. The Morgan fingerprint density at radius 1 is 1.12 bits per heavy atom. The fraction of sp³-hybridized carbons (Fsp3) is 0.118. The molecule has 0 bridgehead atoms. The van der Waals surface area contributed by atoms with Gasteiger partial charge in [0.1, 0.15) is 0 Å². The van der Waals surface area contributed by atoms with Crippen LogP contribution in [-0.2, 0) is 0 Å². The van der Waals surface area contributed by atoms with Crippen molar-refractivity contribution in [1.29, 1.82) is 0 Å². The zero-order valence-corrected chi connectivity index (χ0v) is 13.7. The molecule has 0 aromatic heterocycles.